The summed E-state index contributed by atoms with van der Waals surface area (Å²) in [5, 5.41) is 12.7. The fraction of sp³-hybridized carbons (Fsp3) is 0.625. The Bertz CT molecular complexity index is 392. The summed E-state index contributed by atoms with van der Waals surface area (Å²) in [6.45, 7) is 5.57. The third-order valence-corrected chi connectivity index (χ3v) is 4.24. The van der Waals surface area contributed by atoms with Crippen LogP contribution in [0.25, 0.3) is 0 Å². The van der Waals surface area contributed by atoms with E-state index in [0.29, 0.717) is 5.92 Å². The molecule has 0 aromatic heterocycles. The SMILES string of the molecule is CCCC(CCO)CNC(C)c1ccc(OC)c(Br)c1. The van der Waals surface area contributed by atoms with Crippen LogP contribution in [-0.4, -0.2) is 25.4 Å². The maximum Gasteiger partial charge on any atom is 0.133 e. The Hall–Kier alpha value is -0.580. The lowest BCUT2D eigenvalue weighted by Crippen LogP contribution is -2.26. The highest BCUT2D eigenvalue weighted by molar-refractivity contribution is 9.10. The lowest BCUT2D eigenvalue weighted by Gasteiger charge is -2.20. The van der Waals surface area contributed by atoms with Gasteiger partial charge >= 0.3 is 0 Å². The van der Waals surface area contributed by atoms with Gasteiger partial charge in [-0.05, 0) is 65.9 Å². The summed E-state index contributed by atoms with van der Waals surface area (Å²) in [5.74, 6) is 1.40. The molecule has 2 atom stereocenters. The predicted molar refractivity (Wildman–Crippen MR) is 87.2 cm³/mol. The highest BCUT2D eigenvalue weighted by Crippen LogP contribution is 2.28. The van der Waals surface area contributed by atoms with Crippen LogP contribution in [0.15, 0.2) is 22.7 Å². The van der Waals surface area contributed by atoms with Crippen molar-refractivity contribution >= 4 is 15.9 Å². The molecule has 1 aromatic rings. The van der Waals surface area contributed by atoms with Crippen molar-refractivity contribution in [1.82, 2.24) is 5.32 Å². The summed E-state index contributed by atoms with van der Waals surface area (Å²) < 4.78 is 6.23. The molecule has 0 aliphatic rings. The molecule has 20 heavy (non-hydrogen) atoms. The summed E-state index contributed by atoms with van der Waals surface area (Å²) >= 11 is 3.52. The molecular formula is C16H26BrNO2. The van der Waals surface area contributed by atoms with Gasteiger partial charge in [-0.3, -0.25) is 0 Å². The highest BCUT2D eigenvalue weighted by atomic mass is 79.9. The Morgan fingerprint density at radius 2 is 2.10 bits per heavy atom. The first-order valence-electron chi connectivity index (χ1n) is 7.30. The summed E-state index contributed by atoms with van der Waals surface area (Å²) in [4.78, 5) is 0. The Morgan fingerprint density at radius 1 is 1.35 bits per heavy atom. The van der Waals surface area contributed by atoms with E-state index >= 15 is 0 Å². The minimum Gasteiger partial charge on any atom is -0.496 e. The normalized spacial score (nSPS) is 14.1. The lowest BCUT2D eigenvalue weighted by atomic mass is 9.99. The molecular weight excluding hydrogens is 318 g/mol. The molecule has 4 heteroatoms. The van der Waals surface area contributed by atoms with Crippen molar-refractivity contribution in [2.24, 2.45) is 5.92 Å². The van der Waals surface area contributed by atoms with E-state index in [-0.39, 0.29) is 12.6 Å². The van der Waals surface area contributed by atoms with Crippen LogP contribution in [0, 0.1) is 5.92 Å². The standard InChI is InChI=1S/C16H26BrNO2/c1-4-5-13(8-9-19)11-18-12(2)14-6-7-16(20-3)15(17)10-14/h6-7,10,12-13,18-19H,4-5,8-9,11H2,1-3H3. The molecule has 0 fully saturated rings. The molecule has 1 aromatic carbocycles. The van der Waals surface area contributed by atoms with Crippen LogP contribution in [0.1, 0.15) is 44.7 Å². The van der Waals surface area contributed by atoms with Gasteiger partial charge < -0.3 is 15.2 Å². The van der Waals surface area contributed by atoms with E-state index in [1.807, 2.05) is 6.07 Å². The van der Waals surface area contributed by atoms with Gasteiger partial charge in [0.15, 0.2) is 0 Å². The molecule has 2 unspecified atom stereocenters. The second-order valence-electron chi connectivity index (χ2n) is 5.19. The van der Waals surface area contributed by atoms with E-state index < -0.39 is 0 Å². The van der Waals surface area contributed by atoms with E-state index in [1.165, 1.54) is 5.56 Å². The smallest absolute Gasteiger partial charge is 0.133 e. The van der Waals surface area contributed by atoms with Crippen LogP contribution in [-0.2, 0) is 0 Å². The van der Waals surface area contributed by atoms with E-state index in [1.54, 1.807) is 7.11 Å². The highest BCUT2D eigenvalue weighted by Gasteiger charge is 2.11. The van der Waals surface area contributed by atoms with Crippen LogP contribution < -0.4 is 10.1 Å². The number of aliphatic hydroxyl groups is 1. The minimum atomic E-state index is 0.273. The topological polar surface area (TPSA) is 41.5 Å². The molecule has 0 saturated heterocycles. The predicted octanol–water partition coefficient (Wildman–Crippen LogP) is 3.91. The second-order valence-corrected chi connectivity index (χ2v) is 6.05. The van der Waals surface area contributed by atoms with Crippen LogP contribution in [0.4, 0.5) is 0 Å². The van der Waals surface area contributed by atoms with E-state index in [2.05, 4.69) is 47.2 Å². The van der Waals surface area contributed by atoms with Gasteiger partial charge in [0.25, 0.3) is 0 Å². The van der Waals surface area contributed by atoms with Crippen molar-refractivity contribution in [1.29, 1.82) is 0 Å². The molecule has 1 rings (SSSR count). The molecule has 0 saturated carbocycles. The fourth-order valence-corrected chi connectivity index (χ4v) is 2.91. The molecule has 114 valence electrons. The average molecular weight is 344 g/mol. The number of halogens is 1. The summed E-state index contributed by atoms with van der Waals surface area (Å²) in [6, 6.07) is 6.45. The number of methoxy groups -OCH3 is 1. The van der Waals surface area contributed by atoms with Crippen LogP contribution in [0.2, 0.25) is 0 Å². The van der Waals surface area contributed by atoms with Crippen LogP contribution in [0.3, 0.4) is 0 Å². The number of rotatable bonds is 9. The first kappa shape index (κ1) is 17.5. The molecule has 0 amide bonds. The molecule has 2 N–H and O–H groups in total. The zero-order valence-electron chi connectivity index (χ0n) is 12.7. The summed E-state index contributed by atoms with van der Waals surface area (Å²) in [5.41, 5.74) is 1.23. The monoisotopic (exact) mass is 343 g/mol. The number of hydrogen-bond donors (Lipinski definition) is 2. The Balaban J connectivity index is 2.57. The largest absolute Gasteiger partial charge is 0.496 e. The maximum absolute atomic E-state index is 9.09. The van der Waals surface area contributed by atoms with Crippen molar-refractivity contribution in [3.8, 4) is 5.75 Å². The molecule has 3 nitrogen and oxygen atoms in total. The van der Waals surface area contributed by atoms with Gasteiger partial charge in [0.1, 0.15) is 5.75 Å². The van der Waals surface area contributed by atoms with Crippen LogP contribution in [0.5, 0.6) is 5.75 Å². The van der Waals surface area contributed by atoms with E-state index in [0.717, 1.165) is 36.0 Å². The van der Waals surface area contributed by atoms with Crippen LogP contribution >= 0.6 is 15.9 Å². The number of ether oxygens (including phenoxy) is 1. The molecule has 0 radical (unpaired) electrons. The van der Waals surface area contributed by atoms with Crippen molar-refractivity contribution in [2.75, 3.05) is 20.3 Å². The third-order valence-electron chi connectivity index (χ3n) is 3.62. The molecule has 0 aliphatic carbocycles. The Labute approximate surface area is 130 Å². The van der Waals surface area contributed by atoms with Gasteiger partial charge in [0.05, 0.1) is 11.6 Å². The molecule has 0 heterocycles. The zero-order chi connectivity index (χ0) is 15.0. The van der Waals surface area contributed by atoms with Gasteiger partial charge in [-0.15, -0.1) is 0 Å². The molecule has 0 spiro atoms. The number of benzene rings is 1. The number of hydrogen-bond acceptors (Lipinski definition) is 3. The quantitative estimate of drug-likeness (QED) is 0.714. The summed E-state index contributed by atoms with van der Waals surface area (Å²) in [7, 11) is 1.67. The molecule has 0 aliphatic heterocycles. The molecule has 0 bridgehead atoms. The maximum atomic E-state index is 9.09. The third kappa shape index (κ3) is 5.43. The van der Waals surface area contributed by atoms with Gasteiger partial charge in [-0.25, -0.2) is 0 Å². The lowest BCUT2D eigenvalue weighted by molar-refractivity contribution is 0.246. The van der Waals surface area contributed by atoms with Gasteiger partial charge in [0.2, 0.25) is 0 Å². The van der Waals surface area contributed by atoms with Crippen molar-refractivity contribution in [2.45, 2.75) is 39.2 Å². The zero-order valence-corrected chi connectivity index (χ0v) is 14.2. The number of aliphatic hydroxyl groups excluding tert-OH is 1. The van der Waals surface area contributed by atoms with E-state index in [4.69, 9.17) is 9.84 Å². The minimum absolute atomic E-state index is 0.273. The Kier molecular flexibility index (Phi) is 8.19. The second kappa shape index (κ2) is 9.37. The van der Waals surface area contributed by atoms with Crippen molar-refractivity contribution in [3.05, 3.63) is 28.2 Å². The first-order valence-corrected chi connectivity index (χ1v) is 8.09. The van der Waals surface area contributed by atoms with E-state index in [9.17, 15) is 0 Å². The fourth-order valence-electron chi connectivity index (χ4n) is 2.35. The van der Waals surface area contributed by atoms with Gasteiger partial charge in [-0.2, -0.15) is 0 Å². The van der Waals surface area contributed by atoms with Crippen molar-refractivity contribution < 1.29 is 9.84 Å². The first-order chi connectivity index (χ1) is 9.62. The van der Waals surface area contributed by atoms with Gasteiger partial charge in [-0.1, -0.05) is 19.4 Å². The van der Waals surface area contributed by atoms with Crippen molar-refractivity contribution in [3.63, 3.8) is 0 Å². The number of nitrogens with one attached hydrogen (secondary N) is 1. The summed E-state index contributed by atoms with van der Waals surface area (Å²) in [6.07, 6.45) is 3.20. The van der Waals surface area contributed by atoms with Gasteiger partial charge in [0, 0.05) is 12.6 Å². The Morgan fingerprint density at radius 3 is 2.65 bits per heavy atom. The average Bonchev–Trinajstić information content (AvgIpc) is 2.44.